The van der Waals surface area contributed by atoms with Crippen molar-refractivity contribution in [2.75, 3.05) is 31.6 Å². The molecule has 41 heavy (non-hydrogen) atoms. The maximum absolute atomic E-state index is 10.1. The Morgan fingerprint density at radius 3 is 2.68 bits per heavy atom. The number of H-pyrrole nitrogens is 1. The number of pyridine rings is 2. The van der Waals surface area contributed by atoms with Crippen LogP contribution in [0.2, 0.25) is 10.0 Å². The van der Waals surface area contributed by atoms with Crippen molar-refractivity contribution in [3.8, 4) is 28.8 Å². The van der Waals surface area contributed by atoms with Gasteiger partial charge in [0.05, 0.1) is 28.2 Å². The van der Waals surface area contributed by atoms with Gasteiger partial charge in [-0.15, -0.1) is 0 Å². The van der Waals surface area contributed by atoms with Gasteiger partial charge < -0.3 is 19.7 Å². The normalized spacial score (nSPS) is 19.4. The number of hydrogen-bond donors (Lipinski definition) is 2. The monoisotopic (exact) mass is 591 g/mol. The molecule has 1 saturated carbocycles. The van der Waals surface area contributed by atoms with E-state index in [4.69, 9.17) is 37.7 Å². The number of aromatic nitrogens is 4. The summed E-state index contributed by atoms with van der Waals surface area (Å²) in [6.45, 7) is 6.85. The van der Waals surface area contributed by atoms with Gasteiger partial charge in [-0.25, -0.2) is 4.98 Å². The van der Waals surface area contributed by atoms with Crippen LogP contribution in [0.25, 0.3) is 22.2 Å². The van der Waals surface area contributed by atoms with Crippen molar-refractivity contribution in [2.24, 2.45) is 5.92 Å². The zero-order valence-electron chi connectivity index (χ0n) is 23.2. The van der Waals surface area contributed by atoms with Crippen LogP contribution in [0.1, 0.15) is 50.3 Å². The van der Waals surface area contributed by atoms with Gasteiger partial charge in [0.2, 0.25) is 0 Å². The number of nitrogens with zero attached hydrogens (tertiary/aromatic N) is 5. The molecule has 2 N–H and O–H groups in total. The SMILES string of the molecule is COc1cc2[nH]nc(-c3cnc(N4CC[C@@](C)(NCC5CC5)C4)c(C#N)c3)c2cc1O[C@H](C)c1c(Cl)cncc1Cl. The molecule has 212 valence electrons. The van der Waals surface area contributed by atoms with E-state index < -0.39 is 6.10 Å². The van der Waals surface area contributed by atoms with Crippen LogP contribution in [0, 0.1) is 17.2 Å². The number of anilines is 1. The molecule has 3 aromatic heterocycles. The van der Waals surface area contributed by atoms with E-state index >= 15 is 0 Å². The maximum Gasteiger partial charge on any atom is 0.162 e. The summed E-state index contributed by atoms with van der Waals surface area (Å²) in [6, 6.07) is 7.91. The number of hydrogen-bond acceptors (Lipinski definition) is 8. The summed E-state index contributed by atoms with van der Waals surface area (Å²) in [5, 5.41) is 23.1. The third-order valence-electron chi connectivity index (χ3n) is 8.00. The van der Waals surface area contributed by atoms with Crippen molar-refractivity contribution in [1.29, 1.82) is 5.26 Å². The molecule has 0 radical (unpaired) electrons. The molecule has 4 heterocycles. The Hall–Kier alpha value is -3.58. The van der Waals surface area contributed by atoms with E-state index in [9.17, 15) is 5.26 Å². The van der Waals surface area contributed by atoms with Crippen LogP contribution in [-0.2, 0) is 0 Å². The van der Waals surface area contributed by atoms with Crippen LogP contribution in [0.4, 0.5) is 5.82 Å². The average molecular weight is 593 g/mol. The van der Waals surface area contributed by atoms with Crippen LogP contribution in [0.15, 0.2) is 36.8 Å². The molecule has 2 atom stereocenters. The fraction of sp³-hybridized carbons (Fsp3) is 0.400. The summed E-state index contributed by atoms with van der Waals surface area (Å²) < 4.78 is 11.9. The molecule has 1 aliphatic heterocycles. The molecule has 11 heteroatoms. The zero-order chi connectivity index (χ0) is 28.7. The van der Waals surface area contributed by atoms with Gasteiger partial charge in [0, 0.05) is 59.8 Å². The molecule has 0 bridgehead atoms. The Morgan fingerprint density at radius 1 is 1.20 bits per heavy atom. The summed E-state index contributed by atoms with van der Waals surface area (Å²) in [6.07, 6.45) is 8.03. The summed E-state index contributed by atoms with van der Waals surface area (Å²) >= 11 is 12.7. The second-order valence-corrected chi connectivity index (χ2v) is 12.0. The Morgan fingerprint density at radius 2 is 1.98 bits per heavy atom. The Bertz CT molecular complexity index is 1630. The fourth-order valence-electron chi connectivity index (χ4n) is 5.48. The molecule has 6 rings (SSSR count). The van der Waals surface area contributed by atoms with Crippen LogP contribution in [0.5, 0.6) is 11.5 Å². The van der Waals surface area contributed by atoms with Crippen LogP contribution in [-0.4, -0.2) is 52.4 Å². The van der Waals surface area contributed by atoms with E-state index in [2.05, 4.69) is 38.4 Å². The van der Waals surface area contributed by atoms with E-state index in [0.717, 1.165) is 48.4 Å². The van der Waals surface area contributed by atoms with Gasteiger partial charge >= 0.3 is 0 Å². The lowest BCUT2D eigenvalue weighted by Gasteiger charge is -2.27. The lowest BCUT2D eigenvalue weighted by Crippen LogP contribution is -2.45. The highest BCUT2D eigenvalue weighted by Gasteiger charge is 2.36. The molecule has 0 unspecified atom stereocenters. The van der Waals surface area contributed by atoms with Crippen molar-refractivity contribution in [3.05, 3.63) is 58.0 Å². The predicted molar refractivity (Wildman–Crippen MR) is 160 cm³/mol. The lowest BCUT2D eigenvalue weighted by molar-refractivity contribution is 0.216. The highest BCUT2D eigenvalue weighted by molar-refractivity contribution is 6.35. The molecule has 2 aliphatic rings. The molecule has 1 saturated heterocycles. The highest BCUT2D eigenvalue weighted by Crippen LogP contribution is 2.40. The third-order valence-corrected chi connectivity index (χ3v) is 8.60. The van der Waals surface area contributed by atoms with Gasteiger partial charge in [0.1, 0.15) is 23.7 Å². The smallest absolute Gasteiger partial charge is 0.162 e. The number of halogens is 2. The fourth-order valence-corrected chi connectivity index (χ4v) is 6.15. The van der Waals surface area contributed by atoms with Gasteiger partial charge in [0.15, 0.2) is 11.5 Å². The maximum atomic E-state index is 10.1. The van der Waals surface area contributed by atoms with Crippen LogP contribution in [0.3, 0.4) is 0 Å². The van der Waals surface area contributed by atoms with Gasteiger partial charge in [-0.3, -0.25) is 10.1 Å². The van der Waals surface area contributed by atoms with E-state index in [1.165, 1.54) is 25.2 Å². The van der Waals surface area contributed by atoms with Crippen molar-refractivity contribution >= 4 is 39.9 Å². The van der Waals surface area contributed by atoms with Gasteiger partial charge in [-0.2, -0.15) is 10.4 Å². The van der Waals surface area contributed by atoms with Crippen molar-refractivity contribution in [2.45, 2.75) is 44.8 Å². The minimum Gasteiger partial charge on any atom is -0.493 e. The molecular formula is C30H31Cl2N7O2. The third kappa shape index (κ3) is 5.52. The van der Waals surface area contributed by atoms with Gasteiger partial charge in [-0.1, -0.05) is 23.2 Å². The topological polar surface area (TPSA) is 112 Å². The molecule has 9 nitrogen and oxygen atoms in total. The quantitative estimate of drug-likeness (QED) is 0.233. The van der Waals surface area contributed by atoms with E-state index in [1.54, 1.807) is 13.3 Å². The second-order valence-electron chi connectivity index (χ2n) is 11.2. The summed E-state index contributed by atoms with van der Waals surface area (Å²) in [5.74, 6) is 2.55. The highest BCUT2D eigenvalue weighted by atomic mass is 35.5. The van der Waals surface area contributed by atoms with Crippen molar-refractivity contribution in [1.82, 2.24) is 25.5 Å². The molecule has 0 amide bonds. The number of fused-ring (bicyclic) bond motifs is 1. The minimum atomic E-state index is -0.476. The van der Waals surface area contributed by atoms with Crippen LogP contribution >= 0.6 is 23.2 Å². The minimum absolute atomic E-state index is 0.0192. The Labute approximate surface area is 248 Å². The molecular weight excluding hydrogens is 561 g/mol. The molecule has 4 aromatic rings. The number of nitriles is 1. The van der Waals surface area contributed by atoms with Crippen molar-refractivity contribution < 1.29 is 9.47 Å². The predicted octanol–water partition coefficient (Wildman–Crippen LogP) is 6.32. The molecule has 2 fully saturated rings. The number of nitrogens with one attached hydrogen (secondary N) is 2. The zero-order valence-corrected chi connectivity index (χ0v) is 24.7. The largest absolute Gasteiger partial charge is 0.493 e. The summed E-state index contributed by atoms with van der Waals surface area (Å²) in [4.78, 5) is 11.0. The Balaban J connectivity index is 1.29. The Kier molecular flexibility index (Phi) is 7.41. The number of methoxy groups -OCH3 is 1. The summed E-state index contributed by atoms with van der Waals surface area (Å²) in [5.41, 5.74) is 3.33. The van der Waals surface area contributed by atoms with Crippen molar-refractivity contribution in [3.63, 3.8) is 0 Å². The first-order valence-electron chi connectivity index (χ1n) is 13.7. The first kappa shape index (κ1) is 27.6. The van der Waals surface area contributed by atoms with Gasteiger partial charge in [0.25, 0.3) is 0 Å². The second kappa shape index (κ2) is 11.0. The number of aromatic amines is 1. The first-order chi connectivity index (χ1) is 19.8. The number of benzene rings is 1. The number of rotatable bonds is 9. The van der Waals surface area contributed by atoms with Gasteiger partial charge in [-0.05, 0) is 57.7 Å². The van der Waals surface area contributed by atoms with E-state index in [-0.39, 0.29) is 5.54 Å². The first-order valence-corrected chi connectivity index (χ1v) is 14.5. The lowest BCUT2D eigenvalue weighted by atomic mass is 10.0. The summed E-state index contributed by atoms with van der Waals surface area (Å²) in [7, 11) is 1.58. The molecule has 1 aliphatic carbocycles. The average Bonchev–Trinajstić information content (AvgIpc) is 3.59. The van der Waals surface area contributed by atoms with E-state index in [1.807, 2.05) is 25.1 Å². The van der Waals surface area contributed by atoms with E-state index in [0.29, 0.717) is 44.2 Å². The molecule has 0 spiro atoms. The standard InChI is InChI=1S/C30H31Cl2N7O2/c1-17(27-22(31)14-34-15-23(27)32)41-26-9-21-24(10-25(26)40-3)37-38-28(21)20-8-19(11-33)29(35-13-20)39-7-6-30(2,16-39)36-12-18-4-5-18/h8-10,13-15,17-18,36H,4-7,12,16H2,1-3H3,(H,37,38)/t17-,30-/m1/s1. The number of ether oxygens (including phenoxy) is 2. The molecule has 1 aromatic carbocycles. The van der Waals surface area contributed by atoms with Crippen LogP contribution < -0.4 is 19.7 Å².